The Hall–Kier alpha value is -2.89. The van der Waals surface area contributed by atoms with Gasteiger partial charge in [0.15, 0.2) is 0 Å². The summed E-state index contributed by atoms with van der Waals surface area (Å²) in [4.78, 5) is 22.8. The number of benzene rings is 1. The second-order valence-electron chi connectivity index (χ2n) is 3.50. The molecular formula is C14H14N2O4. The molecule has 0 aliphatic rings. The Labute approximate surface area is 116 Å². The Kier molecular flexibility index (Phi) is 6.90. The molecule has 6 heteroatoms. The molecule has 0 bridgehead atoms. The topological polar surface area (TPSA) is 88.5 Å². The lowest BCUT2D eigenvalue weighted by molar-refractivity contribution is -0.136. The van der Waals surface area contributed by atoms with E-state index >= 15 is 0 Å². The van der Waals surface area contributed by atoms with E-state index < -0.39 is 5.97 Å². The van der Waals surface area contributed by atoms with Crippen molar-refractivity contribution in [2.24, 2.45) is 0 Å². The van der Waals surface area contributed by atoms with E-state index in [1.807, 2.05) is 47.8 Å². The lowest BCUT2D eigenvalue weighted by Gasteiger charge is -2.03. The van der Waals surface area contributed by atoms with Crippen molar-refractivity contribution in [2.45, 2.75) is 0 Å². The summed E-state index contributed by atoms with van der Waals surface area (Å²) < 4.78 is 5.52. The van der Waals surface area contributed by atoms with Crippen molar-refractivity contribution in [2.75, 3.05) is 6.54 Å². The molecule has 104 valence electrons. The zero-order valence-corrected chi connectivity index (χ0v) is 10.6. The van der Waals surface area contributed by atoms with Gasteiger partial charge in [0.2, 0.25) is 6.41 Å². The molecule has 1 aromatic carbocycles. The van der Waals surface area contributed by atoms with Crippen LogP contribution in [0, 0.1) is 0 Å². The summed E-state index contributed by atoms with van der Waals surface area (Å²) in [6.07, 6.45) is 3.75. The van der Waals surface area contributed by atoms with Gasteiger partial charge in [0, 0.05) is 6.20 Å². The van der Waals surface area contributed by atoms with Gasteiger partial charge >= 0.3 is 5.97 Å². The van der Waals surface area contributed by atoms with Crippen LogP contribution < -0.4 is 10.1 Å². The van der Waals surface area contributed by atoms with Gasteiger partial charge in [-0.2, -0.15) is 0 Å². The monoisotopic (exact) mass is 274 g/mol. The molecule has 1 amide bonds. The summed E-state index contributed by atoms with van der Waals surface area (Å²) in [6.45, 7) is -0.302. The van der Waals surface area contributed by atoms with E-state index in [-0.39, 0.29) is 6.54 Å². The first-order chi connectivity index (χ1) is 9.72. The van der Waals surface area contributed by atoms with Crippen molar-refractivity contribution in [3.05, 3.63) is 54.9 Å². The predicted octanol–water partition coefficient (Wildman–Crippen LogP) is 1.69. The van der Waals surface area contributed by atoms with E-state index in [1.54, 1.807) is 12.4 Å². The van der Waals surface area contributed by atoms with E-state index in [9.17, 15) is 9.59 Å². The normalized spacial score (nSPS) is 8.80. The Balaban J connectivity index is 0.000000246. The lowest BCUT2D eigenvalue weighted by Crippen LogP contribution is -2.20. The first kappa shape index (κ1) is 15.2. The SMILES string of the molecule is O=CNCC(=O)O.c1ccc(Oc2cccnc2)cc1. The fraction of sp³-hybridized carbons (Fsp3) is 0.0714. The average Bonchev–Trinajstić information content (AvgIpc) is 2.48. The molecule has 2 aromatic rings. The van der Waals surface area contributed by atoms with Crippen molar-refractivity contribution in [1.82, 2.24) is 10.3 Å². The molecule has 1 heterocycles. The number of hydrogen-bond acceptors (Lipinski definition) is 4. The van der Waals surface area contributed by atoms with Crippen LogP contribution in [-0.2, 0) is 9.59 Å². The molecule has 1 aromatic heterocycles. The number of aromatic nitrogens is 1. The first-order valence-corrected chi connectivity index (χ1v) is 5.74. The molecule has 0 unspecified atom stereocenters. The number of carboxylic acids is 1. The summed E-state index contributed by atoms with van der Waals surface area (Å²) >= 11 is 0. The van der Waals surface area contributed by atoms with Gasteiger partial charge in [-0.05, 0) is 24.3 Å². The Morgan fingerprint density at radius 3 is 2.40 bits per heavy atom. The van der Waals surface area contributed by atoms with E-state index in [1.165, 1.54) is 0 Å². The largest absolute Gasteiger partial charge is 0.480 e. The Morgan fingerprint density at radius 2 is 1.90 bits per heavy atom. The predicted molar refractivity (Wildman–Crippen MR) is 72.5 cm³/mol. The molecule has 0 spiro atoms. The van der Waals surface area contributed by atoms with Crippen LogP contribution in [0.4, 0.5) is 0 Å². The van der Waals surface area contributed by atoms with Gasteiger partial charge in [-0.25, -0.2) is 0 Å². The number of aliphatic carboxylic acids is 1. The van der Waals surface area contributed by atoms with Crippen molar-refractivity contribution in [3.8, 4) is 11.5 Å². The van der Waals surface area contributed by atoms with Gasteiger partial charge in [0.25, 0.3) is 0 Å². The average molecular weight is 274 g/mol. The quantitative estimate of drug-likeness (QED) is 0.810. The minimum Gasteiger partial charge on any atom is -0.480 e. The number of nitrogens with one attached hydrogen (secondary N) is 1. The second kappa shape index (κ2) is 9.09. The van der Waals surface area contributed by atoms with Gasteiger partial charge in [0.1, 0.15) is 18.0 Å². The third-order valence-corrected chi connectivity index (χ3v) is 1.95. The number of ether oxygens (including phenoxy) is 1. The molecule has 2 rings (SSSR count). The molecule has 2 N–H and O–H groups in total. The van der Waals surface area contributed by atoms with Crippen LogP contribution in [0.3, 0.4) is 0 Å². The van der Waals surface area contributed by atoms with Crippen molar-refractivity contribution in [3.63, 3.8) is 0 Å². The van der Waals surface area contributed by atoms with Gasteiger partial charge in [-0.3, -0.25) is 14.6 Å². The third-order valence-electron chi connectivity index (χ3n) is 1.95. The van der Waals surface area contributed by atoms with Crippen LogP contribution in [0.2, 0.25) is 0 Å². The fourth-order valence-corrected chi connectivity index (χ4v) is 1.16. The maximum Gasteiger partial charge on any atom is 0.322 e. The van der Waals surface area contributed by atoms with E-state index in [2.05, 4.69) is 4.98 Å². The number of hydrogen-bond donors (Lipinski definition) is 2. The fourth-order valence-electron chi connectivity index (χ4n) is 1.16. The van der Waals surface area contributed by atoms with Gasteiger partial charge in [-0.1, -0.05) is 18.2 Å². The molecule has 0 saturated heterocycles. The molecule has 0 atom stereocenters. The molecule has 0 saturated carbocycles. The van der Waals surface area contributed by atoms with Crippen LogP contribution in [0.25, 0.3) is 0 Å². The van der Waals surface area contributed by atoms with E-state index in [0.29, 0.717) is 6.41 Å². The molecule has 0 radical (unpaired) electrons. The van der Waals surface area contributed by atoms with E-state index in [4.69, 9.17) is 9.84 Å². The van der Waals surface area contributed by atoms with Crippen molar-refractivity contribution < 1.29 is 19.4 Å². The molecular weight excluding hydrogens is 260 g/mol. The highest BCUT2D eigenvalue weighted by Gasteiger charge is 1.93. The standard InChI is InChI=1S/C11H9NO.C3H5NO3/c1-2-5-10(6-3-1)13-11-7-4-8-12-9-11;5-2-4-1-3(6)7/h1-9H;2H,1H2,(H,4,5)(H,6,7). The van der Waals surface area contributed by atoms with Crippen LogP contribution in [0.5, 0.6) is 11.5 Å². The van der Waals surface area contributed by atoms with Crippen LogP contribution >= 0.6 is 0 Å². The smallest absolute Gasteiger partial charge is 0.322 e. The lowest BCUT2D eigenvalue weighted by atomic mass is 10.3. The summed E-state index contributed by atoms with van der Waals surface area (Å²) in [5, 5.41) is 9.79. The number of rotatable bonds is 5. The van der Waals surface area contributed by atoms with Gasteiger partial charge in [-0.15, -0.1) is 0 Å². The maximum atomic E-state index is 9.54. The van der Waals surface area contributed by atoms with Gasteiger partial charge in [0.05, 0.1) is 6.20 Å². The summed E-state index contributed by atoms with van der Waals surface area (Å²) in [5.41, 5.74) is 0. The minimum atomic E-state index is -1.04. The third kappa shape index (κ3) is 6.75. The highest BCUT2D eigenvalue weighted by molar-refractivity contribution is 5.71. The molecule has 0 aliphatic carbocycles. The highest BCUT2D eigenvalue weighted by atomic mass is 16.5. The number of carbonyl (C=O) groups excluding carboxylic acids is 1. The van der Waals surface area contributed by atoms with E-state index in [0.717, 1.165) is 11.5 Å². The maximum absolute atomic E-state index is 9.54. The molecule has 6 nitrogen and oxygen atoms in total. The number of carboxylic acid groups (broad SMARTS) is 1. The summed E-state index contributed by atoms with van der Waals surface area (Å²) in [6, 6.07) is 13.4. The molecule has 0 aliphatic heterocycles. The number of pyridine rings is 1. The van der Waals surface area contributed by atoms with Crippen LogP contribution in [0.1, 0.15) is 0 Å². The second-order valence-corrected chi connectivity index (χ2v) is 3.50. The Morgan fingerprint density at radius 1 is 1.20 bits per heavy atom. The molecule has 20 heavy (non-hydrogen) atoms. The number of nitrogens with zero attached hydrogens (tertiary/aromatic N) is 1. The van der Waals surface area contributed by atoms with Gasteiger partial charge < -0.3 is 15.2 Å². The summed E-state index contributed by atoms with van der Waals surface area (Å²) in [7, 11) is 0. The van der Waals surface area contributed by atoms with Crippen LogP contribution in [-0.4, -0.2) is 29.0 Å². The zero-order valence-electron chi connectivity index (χ0n) is 10.6. The highest BCUT2D eigenvalue weighted by Crippen LogP contribution is 2.18. The number of amides is 1. The van der Waals surface area contributed by atoms with Crippen molar-refractivity contribution in [1.29, 1.82) is 0 Å². The van der Waals surface area contributed by atoms with Crippen LogP contribution in [0.15, 0.2) is 54.9 Å². The number of carbonyl (C=O) groups is 2. The number of para-hydroxylation sites is 1. The minimum absolute atomic E-state index is 0.302. The van der Waals surface area contributed by atoms with Crippen molar-refractivity contribution >= 4 is 12.4 Å². The molecule has 0 fully saturated rings. The first-order valence-electron chi connectivity index (χ1n) is 5.74. The zero-order chi connectivity index (χ0) is 14.6. The Bertz CT molecular complexity index is 480. The summed E-state index contributed by atoms with van der Waals surface area (Å²) in [5.74, 6) is 0.552.